The average Bonchev–Trinajstić information content (AvgIpc) is 2.60. The Bertz CT molecular complexity index is 756. The van der Waals surface area contributed by atoms with Crippen LogP contribution < -0.4 is 14.8 Å². The molecule has 2 aromatic carbocycles. The van der Waals surface area contributed by atoms with Gasteiger partial charge < -0.3 is 14.8 Å². The third-order valence-electron chi connectivity index (χ3n) is 3.92. The molecule has 25 heavy (non-hydrogen) atoms. The van der Waals surface area contributed by atoms with Gasteiger partial charge in [-0.2, -0.15) is 0 Å². The first-order valence-electron chi connectivity index (χ1n) is 8.15. The summed E-state index contributed by atoms with van der Waals surface area (Å²) in [5, 5.41) is 3.07. The van der Waals surface area contributed by atoms with Gasteiger partial charge in [-0.3, -0.25) is 4.79 Å². The molecule has 0 atom stereocenters. The molecule has 132 valence electrons. The highest BCUT2D eigenvalue weighted by atomic mass is 16.5. The van der Waals surface area contributed by atoms with E-state index in [1.807, 2.05) is 42.5 Å². The Morgan fingerprint density at radius 3 is 2.24 bits per heavy atom. The lowest BCUT2D eigenvalue weighted by Crippen LogP contribution is -2.11. The minimum atomic E-state index is -0.0603. The summed E-state index contributed by atoms with van der Waals surface area (Å²) in [5.41, 5.74) is 2.66. The van der Waals surface area contributed by atoms with Crippen LogP contribution in [0.5, 0.6) is 11.5 Å². The van der Waals surface area contributed by atoms with Gasteiger partial charge in [0.05, 0.1) is 19.9 Å². The monoisotopic (exact) mass is 339 g/mol. The quantitative estimate of drug-likeness (QED) is 0.606. The number of ether oxygens (including phenoxy) is 2. The zero-order valence-electron chi connectivity index (χ0n) is 15.4. The predicted molar refractivity (Wildman–Crippen MR) is 102 cm³/mol. The molecule has 0 aliphatic rings. The summed E-state index contributed by atoms with van der Waals surface area (Å²) in [4.78, 5) is 12.3. The van der Waals surface area contributed by atoms with Crippen LogP contribution in [0.1, 0.15) is 36.7 Å². The fraction of sp³-hybridized carbons (Fsp3) is 0.286. The van der Waals surface area contributed by atoms with Gasteiger partial charge >= 0.3 is 0 Å². The number of methoxy groups -OCH3 is 2. The number of carbonyl (C=O) groups excluding carboxylic acids is 1. The Hall–Kier alpha value is -2.75. The molecule has 0 aliphatic carbocycles. The van der Waals surface area contributed by atoms with Gasteiger partial charge in [0.1, 0.15) is 11.5 Å². The van der Waals surface area contributed by atoms with Crippen molar-refractivity contribution in [2.24, 2.45) is 0 Å². The maximum absolute atomic E-state index is 12.3. The number of ketones is 1. The standard InChI is InChI=1S/C21H25NO3/c1-21(2,3)16-8-6-15(7-9-16)19(23)12-13-22-18-14-17(24-4)10-11-20(18)25-5/h6-14,22H,1-5H3. The lowest BCUT2D eigenvalue weighted by atomic mass is 9.86. The van der Waals surface area contributed by atoms with Crippen molar-refractivity contribution in [1.29, 1.82) is 0 Å². The molecular weight excluding hydrogens is 314 g/mol. The molecule has 1 N–H and O–H groups in total. The molecule has 0 aromatic heterocycles. The van der Waals surface area contributed by atoms with E-state index < -0.39 is 0 Å². The third-order valence-corrected chi connectivity index (χ3v) is 3.92. The molecule has 0 fully saturated rings. The maximum atomic E-state index is 12.3. The number of benzene rings is 2. The van der Waals surface area contributed by atoms with Crippen LogP contribution in [0.2, 0.25) is 0 Å². The molecule has 4 heteroatoms. The first-order chi connectivity index (χ1) is 11.8. The van der Waals surface area contributed by atoms with E-state index in [4.69, 9.17) is 9.47 Å². The minimum Gasteiger partial charge on any atom is -0.497 e. The Morgan fingerprint density at radius 1 is 1.00 bits per heavy atom. The van der Waals surface area contributed by atoms with Crippen molar-refractivity contribution < 1.29 is 14.3 Å². The summed E-state index contributed by atoms with van der Waals surface area (Å²) in [6.45, 7) is 6.44. The number of rotatable bonds is 6. The van der Waals surface area contributed by atoms with E-state index >= 15 is 0 Å². The molecule has 0 bridgehead atoms. The molecule has 0 aliphatic heterocycles. The van der Waals surface area contributed by atoms with Crippen LogP contribution in [-0.2, 0) is 5.41 Å². The Labute approximate surface area is 149 Å². The number of hydrogen-bond acceptors (Lipinski definition) is 4. The zero-order chi connectivity index (χ0) is 18.4. The first-order valence-corrected chi connectivity index (χ1v) is 8.15. The lowest BCUT2D eigenvalue weighted by molar-refractivity contribution is 0.104. The molecule has 0 amide bonds. The minimum absolute atomic E-state index is 0.0603. The van der Waals surface area contributed by atoms with Crippen LogP contribution in [0, 0.1) is 0 Å². The lowest BCUT2D eigenvalue weighted by Gasteiger charge is -2.18. The molecule has 0 radical (unpaired) electrons. The second kappa shape index (κ2) is 7.88. The van der Waals surface area contributed by atoms with E-state index in [9.17, 15) is 4.79 Å². The van der Waals surface area contributed by atoms with Gasteiger partial charge in [0.15, 0.2) is 5.78 Å². The van der Waals surface area contributed by atoms with Crippen molar-refractivity contribution in [2.45, 2.75) is 26.2 Å². The summed E-state index contributed by atoms with van der Waals surface area (Å²) in [6, 6.07) is 13.2. The van der Waals surface area contributed by atoms with Crippen LogP contribution in [-0.4, -0.2) is 20.0 Å². The van der Waals surface area contributed by atoms with Crippen molar-refractivity contribution in [3.8, 4) is 11.5 Å². The number of nitrogens with one attached hydrogen (secondary N) is 1. The number of anilines is 1. The van der Waals surface area contributed by atoms with Gasteiger partial charge in [-0.1, -0.05) is 45.0 Å². The van der Waals surface area contributed by atoms with Gasteiger partial charge in [-0.15, -0.1) is 0 Å². The van der Waals surface area contributed by atoms with Crippen molar-refractivity contribution in [3.05, 3.63) is 65.9 Å². The van der Waals surface area contributed by atoms with E-state index in [1.54, 1.807) is 20.4 Å². The second-order valence-electron chi connectivity index (χ2n) is 6.74. The Kier molecular flexibility index (Phi) is 5.86. The van der Waals surface area contributed by atoms with Gasteiger partial charge in [0, 0.05) is 23.9 Å². The number of hydrogen-bond donors (Lipinski definition) is 1. The second-order valence-corrected chi connectivity index (χ2v) is 6.74. The molecule has 0 spiro atoms. The van der Waals surface area contributed by atoms with Gasteiger partial charge in [-0.05, 0) is 23.1 Å². The van der Waals surface area contributed by atoms with E-state index in [1.165, 1.54) is 11.6 Å². The van der Waals surface area contributed by atoms with Crippen LogP contribution in [0.3, 0.4) is 0 Å². The van der Waals surface area contributed by atoms with E-state index in [2.05, 4.69) is 26.1 Å². The highest BCUT2D eigenvalue weighted by Gasteiger charge is 2.13. The largest absolute Gasteiger partial charge is 0.497 e. The molecular formula is C21H25NO3. The Balaban J connectivity index is 2.08. The highest BCUT2D eigenvalue weighted by molar-refractivity contribution is 6.04. The smallest absolute Gasteiger partial charge is 0.187 e. The molecule has 2 aromatic rings. The summed E-state index contributed by atoms with van der Waals surface area (Å²) >= 11 is 0. The van der Waals surface area contributed by atoms with Crippen LogP contribution in [0.15, 0.2) is 54.7 Å². The molecule has 4 nitrogen and oxygen atoms in total. The van der Waals surface area contributed by atoms with Crippen LogP contribution in [0.25, 0.3) is 0 Å². The topological polar surface area (TPSA) is 47.6 Å². The van der Waals surface area contributed by atoms with E-state index in [-0.39, 0.29) is 11.2 Å². The van der Waals surface area contributed by atoms with Crippen LogP contribution >= 0.6 is 0 Å². The van der Waals surface area contributed by atoms with Gasteiger partial charge in [0.2, 0.25) is 0 Å². The average molecular weight is 339 g/mol. The predicted octanol–water partition coefficient (Wildman–Crippen LogP) is 4.81. The normalized spacial score (nSPS) is 11.4. The third kappa shape index (κ3) is 4.86. The van der Waals surface area contributed by atoms with Crippen LogP contribution in [0.4, 0.5) is 5.69 Å². The van der Waals surface area contributed by atoms with E-state index in [0.29, 0.717) is 17.1 Å². The number of carbonyl (C=O) groups is 1. The summed E-state index contributed by atoms with van der Waals surface area (Å²) < 4.78 is 10.5. The summed E-state index contributed by atoms with van der Waals surface area (Å²) in [5.74, 6) is 1.32. The Morgan fingerprint density at radius 2 is 1.68 bits per heavy atom. The van der Waals surface area contributed by atoms with Crippen molar-refractivity contribution in [2.75, 3.05) is 19.5 Å². The first kappa shape index (κ1) is 18.6. The fourth-order valence-corrected chi connectivity index (χ4v) is 2.36. The maximum Gasteiger partial charge on any atom is 0.187 e. The van der Waals surface area contributed by atoms with Gasteiger partial charge in [0.25, 0.3) is 0 Å². The fourth-order valence-electron chi connectivity index (χ4n) is 2.36. The van der Waals surface area contributed by atoms with E-state index in [0.717, 1.165) is 5.69 Å². The molecule has 0 heterocycles. The molecule has 0 saturated heterocycles. The van der Waals surface area contributed by atoms with Crippen molar-refractivity contribution >= 4 is 11.5 Å². The van der Waals surface area contributed by atoms with Gasteiger partial charge in [-0.25, -0.2) is 0 Å². The summed E-state index contributed by atoms with van der Waals surface area (Å²) in [6.07, 6.45) is 3.11. The number of allylic oxidation sites excluding steroid dienone is 1. The van der Waals surface area contributed by atoms with Crippen molar-refractivity contribution in [1.82, 2.24) is 0 Å². The highest BCUT2D eigenvalue weighted by Crippen LogP contribution is 2.28. The molecule has 2 rings (SSSR count). The zero-order valence-corrected chi connectivity index (χ0v) is 15.4. The van der Waals surface area contributed by atoms with Crippen molar-refractivity contribution in [3.63, 3.8) is 0 Å². The molecule has 0 unspecified atom stereocenters. The SMILES string of the molecule is COc1ccc(OC)c(NC=CC(=O)c2ccc(C(C)(C)C)cc2)c1. The summed E-state index contributed by atoms with van der Waals surface area (Å²) in [7, 11) is 3.20. The molecule has 0 saturated carbocycles.